The van der Waals surface area contributed by atoms with Crippen LogP contribution in [0.25, 0.3) is 0 Å². The molecule has 0 radical (unpaired) electrons. The smallest absolute Gasteiger partial charge is 0.257 e. The summed E-state index contributed by atoms with van der Waals surface area (Å²) in [6, 6.07) is 2.85. The summed E-state index contributed by atoms with van der Waals surface area (Å²) in [6.07, 6.45) is -1.27. The molecule has 0 saturated heterocycles. The lowest BCUT2D eigenvalue weighted by atomic mass is 10.1. The van der Waals surface area contributed by atoms with E-state index in [1.165, 1.54) is 6.07 Å². The molecule has 1 aliphatic heterocycles. The second-order valence-electron chi connectivity index (χ2n) is 5.22. The average molecular weight is 266 g/mol. The van der Waals surface area contributed by atoms with Crippen molar-refractivity contribution in [2.75, 3.05) is 23.3 Å². The van der Waals surface area contributed by atoms with Gasteiger partial charge in [0.05, 0.1) is 5.69 Å². The van der Waals surface area contributed by atoms with Gasteiger partial charge in [0, 0.05) is 24.3 Å². The third-order valence-electron chi connectivity index (χ3n) is 3.23. The molecule has 2 N–H and O–H groups in total. The third-order valence-corrected chi connectivity index (χ3v) is 3.23. The van der Waals surface area contributed by atoms with Gasteiger partial charge in [-0.2, -0.15) is 0 Å². The Bertz CT molecular complexity index is 502. The largest absolute Gasteiger partial charge is 0.378 e. The zero-order chi connectivity index (χ0) is 14.2. The SMILES string of the molecule is CCN(CC(C)C)c1cc2c(cc1F)C(O)C(=O)N2. The maximum absolute atomic E-state index is 14.1. The predicted octanol–water partition coefficient (Wildman–Crippen LogP) is 2.29. The lowest BCUT2D eigenvalue weighted by Gasteiger charge is -2.26. The summed E-state index contributed by atoms with van der Waals surface area (Å²) in [6.45, 7) is 7.52. The first-order chi connectivity index (χ1) is 8.93. The van der Waals surface area contributed by atoms with Gasteiger partial charge in [-0.15, -0.1) is 0 Å². The molecule has 1 unspecified atom stereocenters. The highest BCUT2D eigenvalue weighted by Crippen LogP contribution is 2.36. The van der Waals surface area contributed by atoms with E-state index < -0.39 is 17.8 Å². The van der Waals surface area contributed by atoms with Crippen LogP contribution in [0.3, 0.4) is 0 Å². The number of anilines is 2. The zero-order valence-electron chi connectivity index (χ0n) is 11.4. The van der Waals surface area contributed by atoms with Crippen molar-refractivity contribution in [1.29, 1.82) is 0 Å². The van der Waals surface area contributed by atoms with Gasteiger partial charge in [-0.3, -0.25) is 4.79 Å². The van der Waals surface area contributed by atoms with Crippen LogP contribution in [-0.4, -0.2) is 24.1 Å². The molecule has 104 valence electrons. The fraction of sp³-hybridized carbons (Fsp3) is 0.500. The number of halogens is 1. The number of carbonyl (C=O) groups excluding carboxylic acids is 1. The normalized spacial score (nSPS) is 17.6. The molecule has 19 heavy (non-hydrogen) atoms. The van der Waals surface area contributed by atoms with Gasteiger partial charge in [0.2, 0.25) is 0 Å². The van der Waals surface area contributed by atoms with Gasteiger partial charge in [0.15, 0.2) is 6.10 Å². The molecular weight excluding hydrogens is 247 g/mol. The van der Waals surface area contributed by atoms with Gasteiger partial charge in [0.1, 0.15) is 5.82 Å². The van der Waals surface area contributed by atoms with Crippen LogP contribution < -0.4 is 10.2 Å². The number of nitrogens with one attached hydrogen (secondary N) is 1. The van der Waals surface area contributed by atoms with Crippen LogP contribution in [0.1, 0.15) is 32.4 Å². The monoisotopic (exact) mass is 266 g/mol. The second kappa shape index (κ2) is 5.17. The minimum atomic E-state index is -1.27. The van der Waals surface area contributed by atoms with Crippen LogP contribution >= 0.6 is 0 Å². The number of hydrogen-bond acceptors (Lipinski definition) is 3. The number of hydrogen-bond donors (Lipinski definition) is 2. The first-order valence-corrected chi connectivity index (χ1v) is 6.51. The Balaban J connectivity index is 2.38. The minimum Gasteiger partial charge on any atom is -0.378 e. The van der Waals surface area contributed by atoms with Crippen molar-refractivity contribution in [3.63, 3.8) is 0 Å². The molecule has 0 aliphatic carbocycles. The van der Waals surface area contributed by atoms with Crippen molar-refractivity contribution in [3.8, 4) is 0 Å². The second-order valence-corrected chi connectivity index (χ2v) is 5.22. The minimum absolute atomic E-state index is 0.312. The molecule has 1 aromatic rings. The molecule has 0 saturated carbocycles. The Morgan fingerprint density at radius 1 is 1.47 bits per heavy atom. The highest BCUT2D eigenvalue weighted by Gasteiger charge is 2.30. The molecule has 1 atom stereocenters. The lowest BCUT2D eigenvalue weighted by Crippen LogP contribution is -2.28. The van der Waals surface area contributed by atoms with E-state index in [4.69, 9.17) is 0 Å². The summed E-state index contributed by atoms with van der Waals surface area (Å²) in [5, 5.41) is 12.2. The number of rotatable bonds is 4. The molecule has 1 aliphatic rings. The molecule has 0 spiro atoms. The first-order valence-electron chi connectivity index (χ1n) is 6.51. The van der Waals surface area contributed by atoms with Crippen molar-refractivity contribution < 1.29 is 14.3 Å². The number of carbonyl (C=O) groups is 1. The standard InChI is InChI=1S/C14H19FN2O2/c1-4-17(7-8(2)3)12-6-11-9(5-10(12)15)13(18)14(19)16-11/h5-6,8,13,18H,4,7H2,1-3H3,(H,16,19). The molecule has 0 bridgehead atoms. The molecule has 5 heteroatoms. The number of amides is 1. The number of benzene rings is 1. The van der Waals surface area contributed by atoms with E-state index in [0.717, 1.165) is 6.54 Å². The Kier molecular flexibility index (Phi) is 3.75. The molecule has 0 fully saturated rings. The van der Waals surface area contributed by atoms with Gasteiger partial charge >= 0.3 is 0 Å². The topological polar surface area (TPSA) is 52.6 Å². The zero-order valence-corrected chi connectivity index (χ0v) is 11.4. The van der Waals surface area contributed by atoms with Crippen molar-refractivity contribution in [3.05, 3.63) is 23.5 Å². The van der Waals surface area contributed by atoms with Crippen LogP contribution in [0.15, 0.2) is 12.1 Å². The fourth-order valence-electron chi connectivity index (χ4n) is 2.33. The van der Waals surface area contributed by atoms with Crippen LogP contribution in [0.2, 0.25) is 0 Å². The number of fused-ring (bicyclic) bond motifs is 1. The van der Waals surface area contributed by atoms with E-state index in [1.807, 2.05) is 11.8 Å². The Labute approximate surface area is 112 Å². The molecular formula is C14H19FN2O2. The molecule has 1 amide bonds. The summed E-state index contributed by atoms with van der Waals surface area (Å²) < 4.78 is 14.1. The van der Waals surface area contributed by atoms with Gasteiger partial charge in [-0.25, -0.2) is 4.39 Å². The molecule has 4 nitrogen and oxygen atoms in total. The van der Waals surface area contributed by atoms with Crippen LogP contribution in [0, 0.1) is 11.7 Å². The summed E-state index contributed by atoms with van der Waals surface area (Å²) in [5.41, 5.74) is 1.27. The summed E-state index contributed by atoms with van der Waals surface area (Å²) in [7, 11) is 0. The summed E-state index contributed by atoms with van der Waals surface area (Å²) in [5.74, 6) is -0.497. The Morgan fingerprint density at radius 3 is 2.74 bits per heavy atom. The molecule has 2 rings (SSSR count). The van der Waals surface area contributed by atoms with E-state index >= 15 is 0 Å². The molecule has 0 aromatic heterocycles. The Hall–Kier alpha value is -1.62. The van der Waals surface area contributed by atoms with Crippen molar-refractivity contribution in [1.82, 2.24) is 0 Å². The van der Waals surface area contributed by atoms with Gasteiger partial charge in [-0.1, -0.05) is 13.8 Å². The van der Waals surface area contributed by atoms with Crippen LogP contribution in [0.5, 0.6) is 0 Å². The maximum Gasteiger partial charge on any atom is 0.257 e. The van der Waals surface area contributed by atoms with E-state index in [2.05, 4.69) is 19.2 Å². The summed E-state index contributed by atoms with van der Waals surface area (Å²) >= 11 is 0. The van der Waals surface area contributed by atoms with Gasteiger partial charge in [0.25, 0.3) is 5.91 Å². The third kappa shape index (κ3) is 2.56. The lowest BCUT2D eigenvalue weighted by molar-refractivity contribution is -0.123. The van der Waals surface area contributed by atoms with Crippen molar-refractivity contribution >= 4 is 17.3 Å². The molecule has 1 aromatic carbocycles. The number of aliphatic hydroxyl groups excluding tert-OH is 1. The fourth-order valence-corrected chi connectivity index (χ4v) is 2.33. The van der Waals surface area contributed by atoms with Crippen LogP contribution in [0.4, 0.5) is 15.8 Å². The van der Waals surface area contributed by atoms with Gasteiger partial charge < -0.3 is 15.3 Å². The van der Waals surface area contributed by atoms with Gasteiger partial charge in [-0.05, 0) is 25.0 Å². The highest BCUT2D eigenvalue weighted by atomic mass is 19.1. The van der Waals surface area contributed by atoms with Crippen molar-refractivity contribution in [2.45, 2.75) is 26.9 Å². The summed E-state index contributed by atoms with van der Waals surface area (Å²) in [4.78, 5) is 13.3. The number of aliphatic hydroxyl groups is 1. The Morgan fingerprint density at radius 2 is 2.16 bits per heavy atom. The van der Waals surface area contributed by atoms with Crippen LogP contribution in [-0.2, 0) is 4.79 Å². The van der Waals surface area contributed by atoms with E-state index in [-0.39, 0.29) is 0 Å². The van der Waals surface area contributed by atoms with E-state index in [0.29, 0.717) is 29.4 Å². The van der Waals surface area contributed by atoms with E-state index in [1.54, 1.807) is 6.07 Å². The quantitative estimate of drug-likeness (QED) is 0.879. The highest BCUT2D eigenvalue weighted by molar-refractivity contribution is 6.02. The predicted molar refractivity (Wildman–Crippen MR) is 72.7 cm³/mol. The first kappa shape index (κ1) is 13.8. The molecule has 1 heterocycles. The number of nitrogens with zero attached hydrogens (tertiary/aromatic N) is 1. The average Bonchev–Trinajstić information content (AvgIpc) is 2.62. The van der Waals surface area contributed by atoms with E-state index in [9.17, 15) is 14.3 Å². The maximum atomic E-state index is 14.1. The van der Waals surface area contributed by atoms with Crippen molar-refractivity contribution in [2.24, 2.45) is 5.92 Å².